The maximum Gasteiger partial charge on any atom is 0.0462 e. The summed E-state index contributed by atoms with van der Waals surface area (Å²) < 4.78 is 0. The summed E-state index contributed by atoms with van der Waals surface area (Å²) in [6.07, 6.45) is 2.45. The highest BCUT2D eigenvalue weighted by Crippen LogP contribution is 2.28. The van der Waals surface area contributed by atoms with E-state index in [1.54, 1.807) is 0 Å². The Kier molecular flexibility index (Phi) is 7.25. The van der Waals surface area contributed by atoms with Gasteiger partial charge in [-0.3, -0.25) is 0 Å². The van der Waals surface area contributed by atoms with E-state index in [4.69, 9.17) is 0 Å². The monoisotopic (exact) mass is 214 g/mol. The quantitative estimate of drug-likeness (QED) is 0.680. The van der Waals surface area contributed by atoms with Crippen molar-refractivity contribution in [3.8, 4) is 0 Å². The molecule has 0 heterocycles. The lowest BCUT2D eigenvalue weighted by molar-refractivity contribution is 0.130. The first kappa shape index (κ1) is 15.0. The van der Waals surface area contributed by atoms with Crippen LogP contribution >= 0.6 is 0 Å². The summed E-state index contributed by atoms with van der Waals surface area (Å²) in [5.74, 6) is 3.30. The molecule has 0 aliphatic rings. The van der Waals surface area contributed by atoms with Gasteiger partial charge in [-0.05, 0) is 42.4 Å². The SMILES string of the molecule is CC(C)CC(C)CC(CO)C(C)C(C)C. The van der Waals surface area contributed by atoms with Crippen molar-refractivity contribution in [2.24, 2.45) is 29.6 Å². The van der Waals surface area contributed by atoms with Crippen LogP contribution in [0.15, 0.2) is 0 Å². The second-order valence-electron chi connectivity index (χ2n) is 6.02. The van der Waals surface area contributed by atoms with E-state index in [9.17, 15) is 5.11 Å². The molecule has 0 fully saturated rings. The van der Waals surface area contributed by atoms with Gasteiger partial charge >= 0.3 is 0 Å². The van der Waals surface area contributed by atoms with Gasteiger partial charge in [-0.1, -0.05) is 41.5 Å². The first-order valence-corrected chi connectivity index (χ1v) is 6.49. The van der Waals surface area contributed by atoms with Crippen molar-refractivity contribution in [2.75, 3.05) is 6.61 Å². The van der Waals surface area contributed by atoms with Crippen molar-refractivity contribution in [1.29, 1.82) is 0 Å². The Morgan fingerprint density at radius 3 is 1.73 bits per heavy atom. The molecule has 1 N–H and O–H groups in total. The van der Waals surface area contributed by atoms with Crippen molar-refractivity contribution in [3.05, 3.63) is 0 Å². The number of hydrogen-bond acceptors (Lipinski definition) is 1. The molecule has 15 heavy (non-hydrogen) atoms. The third kappa shape index (κ3) is 6.19. The van der Waals surface area contributed by atoms with Crippen LogP contribution in [0, 0.1) is 29.6 Å². The minimum atomic E-state index is 0.349. The molecule has 1 heteroatoms. The van der Waals surface area contributed by atoms with Gasteiger partial charge < -0.3 is 5.11 Å². The van der Waals surface area contributed by atoms with Crippen LogP contribution in [-0.4, -0.2) is 11.7 Å². The van der Waals surface area contributed by atoms with Crippen molar-refractivity contribution < 1.29 is 5.11 Å². The fourth-order valence-electron chi connectivity index (χ4n) is 2.42. The molecule has 0 radical (unpaired) electrons. The molecule has 0 rings (SSSR count). The minimum Gasteiger partial charge on any atom is -0.396 e. The lowest BCUT2D eigenvalue weighted by Gasteiger charge is -2.28. The van der Waals surface area contributed by atoms with E-state index in [1.807, 2.05) is 0 Å². The molecule has 0 aromatic carbocycles. The lowest BCUT2D eigenvalue weighted by atomic mass is 9.79. The lowest BCUT2D eigenvalue weighted by Crippen LogP contribution is -2.23. The molecule has 0 aromatic heterocycles. The number of aliphatic hydroxyl groups excluding tert-OH is 1. The number of rotatable bonds is 7. The molecule has 0 spiro atoms. The van der Waals surface area contributed by atoms with Crippen LogP contribution in [0.3, 0.4) is 0 Å². The van der Waals surface area contributed by atoms with Crippen molar-refractivity contribution >= 4 is 0 Å². The van der Waals surface area contributed by atoms with E-state index < -0.39 is 0 Å². The molecule has 0 bridgehead atoms. The second-order valence-corrected chi connectivity index (χ2v) is 6.02. The maximum absolute atomic E-state index is 9.43. The van der Waals surface area contributed by atoms with Crippen LogP contribution < -0.4 is 0 Å². The molecule has 3 atom stereocenters. The Labute approximate surface area is 96.3 Å². The maximum atomic E-state index is 9.43. The van der Waals surface area contributed by atoms with Gasteiger partial charge in [0.05, 0.1) is 0 Å². The molecule has 0 saturated carbocycles. The summed E-state index contributed by atoms with van der Waals surface area (Å²) >= 11 is 0. The van der Waals surface area contributed by atoms with E-state index in [-0.39, 0.29) is 0 Å². The Balaban J connectivity index is 4.08. The van der Waals surface area contributed by atoms with Crippen LogP contribution in [0.25, 0.3) is 0 Å². The molecule has 1 nitrogen and oxygen atoms in total. The summed E-state index contributed by atoms with van der Waals surface area (Å²) in [6.45, 7) is 14.0. The fourth-order valence-corrected chi connectivity index (χ4v) is 2.42. The Morgan fingerprint density at radius 1 is 0.867 bits per heavy atom. The summed E-state index contributed by atoms with van der Waals surface area (Å²) in [6, 6.07) is 0. The van der Waals surface area contributed by atoms with Crippen LogP contribution in [-0.2, 0) is 0 Å². The smallest absolute Gasteiger partial charge is 0.0462 e. The molecule has 0 aliphatic heterocycles. The largest absolute Gasteiger partial charge is 0.396 e. The van der Waals surface area contributed by atoms with Crippen LogP contribution in [0.4, 0.5) is 0 Å². The zero-order valence-electron chi connectivity index (χ0n) is 11.5. The van der Waals surface area contributed by atoms with Gasteiger partial charge in [0.15, 0.2) is 0 Å². The Morgan fingerprint density at radius 2 is 1.40 bits per heavy atom. The first-order valence-electron chi connectivity index (χ1n) is 6.49. The Bertz CT molecular complexity index is 151. The van der Waals surface area contributed by atoms with Gasteiger partial charge in [-0.15, -0.1) is 0 Å². The zero-order chi connectivity index (χ0) is 12.0. The van der Waals surface area contributed by atoms with E-state index in [1.165, 1.54) is 12.8 Å². The number of aliphatic hydroxyl groups is 1. The Hall–Kier alpha value is -0.0400. The third-order valence-corrected chi connectivity index (χ3v) is 3.61. The van der Waals surface area contributed by atoms with Gasteiger partial charge in [0.25, 0.3) is 0 Å². The van der Waals surface area contributed by atoms with Gasteiger partial charge in [0.2, 0.25) is 0 Å². The zero-order valence-corrected chi connectivity index (χ0v) is 11.5. The van der Waals surface area contributed by atoms with Crippen molar-refractivity contribution in [2.45, 2.75) is 54.4 Å². The average Bonchev–Trinajstić information content (AvgIpc) is 2.11. The van der Waals surface area contributed by atoms with Crippen LogP contribution in [0.5, 0.6) is 0 Å². The molecular weight excluding hydrogens is 184 g/mol. The molecule has 0 aliphatic carbocycles. The van der Waals surface area contributed by atoms with Gasteiger partial charge in [-0.2, -0.15) is 0 Å². The first-order chi connectivity index (χ1) is 6.88. The van der Waals surface area contributed by atoms with Crippen molar-refractivity contribution in [3.63, 3.8) is 0 Å². The molecular formula is C14H30O. The predicted octanol–water partition coefficient (Wildman–Crippen LogP) is 3.96. The van der Waals surface area contributed by atoms with Crippen LogP contribution in [0.2, 0.25) is 0 Å². The summed E-state index contributed by atoms with van der Waals surface area (Å²) in [5, 5.41) is 9.43. The third-order valence-electron chi connectivity index (χ3n) is 3.61. The second kappa shape index (κ2) is 7.27. The van der Waals surface area contributed by atoms with Gasteiger partial charge in [0, 0.05) is 6.61 Å². The predicted molar refractivity (Wildman–Crippen MR) is 67.8 cm³/mol. The minimum absolute atomic E-state index is 0.349. The molecule has 3 unspecified atom stereocenters. The molecule has 92 valence electrons. The topological polar surface area (TPSA) is 20.2 Å². The average molecular weight is 214 g/mol. The van der Waals surface area contributed by atoms with Crippen LogP contribution in [0.1, 0.15) is 54.4 Å². The summed E-state index contributed by atoms with van der Waals surface area (Å²) in [7, 11) is 0. The molecule has 0 saturated heterocycles. The molecule has 0 amide bonds. The van der Waals surface area contributed by atoms with E-state index >= 15 is 0 Å². The van der Waals surface area contributed by atoms with Crippen molar-refractivity contribution in [1.82, 2.24) is 0 Å². The normalized spacial score (nSPS) is 18.2. The van der Waals surface area contributed by atoms with E-state index in [2.05, 4.69) is 41.5 Å². The highest BCUT2D eigenvalue weighted by molar-refractivity contribution is 4.71. The highest BCUT2D eigenvalue weighted by Gasteiger charge is 2.21. The van der Waals surface area contributed by atoms with E-state index in [0.717, 1.165) is 11.8 Å². The number of hydrogen-bond donors (Lipinski definition) is 1. The summed E-state index contributed by atoms with van der Waals surface area (Å²) in [4.78, 5) is 0. The van der Waals surface area contributed by atoms with Gasteiger partial charge in [-0.25, -0.2) is 0 Å². The fraction of sp³-hybridized carbons (Fsp3) is 1.00. The van der Waals surface area contributed by atoms with Gasteiger partial charge in [0.1, 0.15) is 0 Å². The highest BCUT2D eigenvalue weighted by atomic mass is 16.3. The summed E-state index contributed by atoms with van der Waals surface area (Å²) in [5.41, 5.74) is 0. The molecule has 0 aromatic rings. The standard InChI is InChI=1S/C14H30O/c1-10(2)7-12(5)8-14(9-15)13(6)11(3)4/h10-15H,7-9H2,1-6H3. The van der Waals surface area contributed by atoms with E-state index in [0.29, 0.717) is 24.4 Å².